The van der Waals surface area contributed by atoms with Crippen molar-refractivity contribution in [2.45, 2.75) is 12.6 Å². The first kappa shape index (κ1) is 26.0. The quantitative estimate of drug-likeness (QED) is 0.247. The first-order valence-electron chi connectivity index (χ1n) is 12.8. The predicted molar refractivity (Wildman–Crippen MR) is 142 cm³/mol. The van der Waals surface area contributed by atoms with E-state index in [0.29, 0.717) is 56.4 Å². The lowest BCUT2D eigenvalue weighted by Crippen LogP contribution is -2.47. The van der Waals surface area contributed by atoms with Gasteiger partial charge in [-0.15, -0.1) is 0 Å². The maximum Gasteiger partial charge on any atom is 0.223 e. The number of halogens is 2. The molecule has 1 aromatic carbocycles. The van der Waals surface area contributed by atoms with E-state index in [1.54, 1.807) is 23.0 Å². The Balaban J connectivity index is 1.11. The van der Waals surface area contributed by atoms with Crippen molar-refractivity contribution in [2.75, 3.05) is 56.6 Å². The first-order chi connectivity index (χ1) is 19.4. The highest BCUT2D eigenvalue weighted by molar-refractivity contribution is 5.93. The fourth-order valence-corrected chi connectivity index (χ4v) is 4.85. The van der Waals surface area contributed by atoms with Crippen molar-refractivity contribution in [1.82, 2.24) is 29.3 Å². The molecule has 5 aromatic rings. The van der Waals surface area contributed by atoms with Gasteiger partial charge in [0.1, 0.15) is 24.2 Å². The summed E-state index contributed by atoms with van der Waals surface area (Å²) in [6.45, 7) is 2.81. The minimum absolute atomic E-state index is 0.174. The van der Waals surface area contributed by atoms with Crippen LogP contribution in [0.2, 0.25) is 0 Å². The summed E-state index contributed by atoms with van der Waals surface area (Å²) in [6, 6.07) is 7.59. The van der Waals surface area contributed by atoms with Crippen molar-refractivity contribution < 1.29 is 28.1 Å². The third-order valence-corrected chi connectivity index (χ3v) is 6.99. The third-order valence-electron chi connectivity index (χ3n) is 6.99. The number of nitrogen functional groups attached to an aromatic ring is 1. The number of aromatic nitrogens is 5. The molecule has 0 bridgehead atoms. The SMILES string of the molecule is Nc1nc2c(cnn2CCN2CCN(c3cc(OC[C@H](O)CO)c(F)cc3F)CC2)c2cc(-c3ccco3)nn12. The topological polar surface area (TPSA) is 143 Å². The number of hydrogen-bond acceptors (Lipinski definition) is 10. The van der Waals surface area contributed by atoms with Gasteiger partial charge in [-0.05, 0) is 18.2 Å². The average molecular weight is 555 g/mol. The van der Waals surface area contributed by atoms with Gasteiger partial charge in [-0.25, -0.2) is 13.5 Å². The maximum atomic E-state index is 14.6. The van der Waals surface area contributed by atoms with Crippen molar-refractivity contribution in [1.29, 1.82) is 0 Å². The smallest absolute Gasteiger partial charge is 0.223 e. The lowest BCUT2D eigenvalue weighted by molar-refractivity contribution is 0.0523. The monoisotopic (exact) mass is 554 g/mol. The number of hydrogen-bond donors (Lipinski definition) is 3. The summed E-state index contributed by atoms with van der Waals surface area (Å²) in [4.78, 5) is 8.60. The molecular weight excluding hydrogens is 526 g/mol. The molecule has 210 valence electrons. The van der Waals surface area contributed by atoms with E-state index in [1.165, 1.54) is 6.07 Å². The molecule has 40 heavy (non-hydrogen) atoms. The molecule has 1 atom stereocenters. The third kappa shape index (κ3) is 4.92. The Labute approximate surface area is 226 Å². The van der Waals surface area contributed by atoms with E-state index in [0.717, 1.165) is 17.0 Å². The Morgan fingerprint density at radius 1 is 1.10 bits per heavy atom. The van der Waals surface area contributed by atoms with Crippen LogP contribution in [0.3, 0.4) is 0 Å². The summed E-state index contributed by atoms with van der Waals surface area (Å²) in [5, 5.41) is 28.3. The molecule has 4 aromatic heterocycles. The highest BCUT2D eigenvalue weighted by atomic mass is 19.1. The molecule has 0 amide bonds. The van der Waals surface area contributed by atoms with Gasteiger partial charge in [0.05, 0.1) is 42.2 Å². The number of aliphatic hydroxyl groups is 2. The summed E-state index contributed by atoms with van der Waals surface area (Å²) >= 11 is 0. The van der Waals surface area contributed by atoms with Gasteiger partial charge in [0.2, 0.25) is 5.95 Å². The molecular formula is C26H28F2N8O4. The van der Waals surface area contributed by atoms with Gasteiger partial charge in [0.15, 0.2) is 23.0 Å². The van der Waals surface area contributed by atoms with Gasteiger partial charge in [0, 0.05) is 44.9 Å². The van der Waals surface area contributed by atoms with E-state index < -0.39 is 24.3 Å². The fourth-order valence-electron chi connectivity index (χ4n) is 4.85. The lowest BCUT2D eigenvalue weighted by atomic mass is 10.2. The Morgan fingerprint density at radius 2 is 1.93 bits per heavy atom. The van der Waals surface area contributed by atoms with Crippen molar-refractivity contribution in [3.05, 3.63) is 54.4 Å². The molecule has 6 rings (SSSR count). The number of benzene rings is 1. The molecule has 1 saturated heterocycles. The van der Waals surface area contributed by atoms with Crippen LogP contribution in [-0.2, 0) is 6.54 Å². The summed E-state index contributed by atoms with van der Waals surface area (Å²) in [7, 11) is 0. The van der Waals surface area contributed by atoms with E-state index in [2.05, 4.69) is 20.1 Å². The normalized spacial score (nSPS) is 15.3. The molecule has 0 aliphatic carbocycles. The molecule has 1 aliphatic heterocycles. The Bertz CT molecular complexity index is 1630. The molecule has 4 N–H and O–H groups in total. The molecule has 0 spiro atoms. The number of fused-ring (bicyclic) bond motifs is 3. The molecule has 0 unspecified atom stereocenters. The second-order valence-corrected chi connectivity index (χ2v) is 9.59. The zero-order chi connectivity index (χ0) is 27.8. The van der Waals surface area contributed by atoms with Crippen molar-refractivity contribution in [3.63, 3.8) is 0 Å². The largest absolute Gasteiger partial charge is 0.488 e. The number of rotatable bonds is 9. The van der Waals surface area contributed by atoms with Crippen LogP contribution in [0.5, 0.6) is 5.75 Å². The second kappa shape index (κ2) is 10.7. The maximum absolute atomic E-state index is 14.6. The van der Waals surface area contributed by atoms with Crippen LogP contribution in [0.15, 0.2) is 47.2 Å². The van der Waals surface area contributed by atoms with Crippen molar-refractivity contribution >= 4 is 28.2 Å². The van der Waals surface area contributed by atoms with Crippen molar-refractivity contribution in [3.8, 4) is 17.2 Å². The Morgan fingerprint density at radius 3 is 2.67 bits per heavy atom. The number of nitrogens with two attached hydrogens (primary N) is 1. The summed E-state index contributed by atoms with van der Waals surface area (Å²) < 4.78 is 42.9. The summed E-state index contributed by atoms with van der Waals surface area (Å²) in [5.74, 6) is -0.851. The first-order valence-corrected chi connectivity index (χ1v) is 12.8. The number of aliphatic hydroxyl groups excluding tert-OH is 2. The van der Waals surface area contributed by atoms with Gasteiger partial charge in [-0.3, -0.25) is 4.90 Å². The summed E-state index contributed by atoms with van der Waals surface area (Å²) in [6.07, 6.45) is 2.18. The lowest BCUT2D eigenvalue weighted by Gasteiger charge is -2.36. The molecule has 1 aliphatic rings. The molecule has 5 heterocycles. The van der Waals surface area contributed by atoms with E-state index in [-0.39, 0.29) is 24.0 Å². The number of anilines is 2. The average Bonchev–Trinajstić information content (AvgIpc) is 3.72. The van der Waals surface area contributed by atoms with Gasteiger partial charge >= 0.3 is 0 Å². The molecule has 0 radical (unpaired) electrons. The van der Waals surface area contributed by atoms with Crippen LogP contribution in [0.1, 0.15) is 0 Å². The van der Waals surface area contributed by atoms with E-state index in [4.69, 9.17) is 20.0 Å². The Kier molecular flexibility index (Phi) is 6.96. The van der Waals surface area contributed by atoms with Gasteiger partial charge in [0.25, 0.3) is 0 Å². The highest BCUT2D eigenvalue weighted by Gasteiger charge is 2.23. The van der Waals surface area contributed by atoms with Crippen LogP contribution >= 0.6 is 0 Å². The van der Waals surface area contributed by atoms with Gasteiger partial charge in [-0.1, -0.05) is 0 Å². The van der Waals surface area contributed by atoms with E-state index in [9.17, 15) is 13.9 Å². The number of piperazine rings is 1. The van der Waals surface area contributed by atoms with Crippen LogP contribution in [0.25, 0.3) is 28.0 Å². The van der Waals surface area contributed by atoms with Gasteiger partial charge < -0.3 is 30.0 Å². The predicted octanol–water partition coefficient (Wildman–Crippen LogP) is 1.75. The number of ether oxygens (including phenoxy) is 1. The molecule has 14 heteroatoms. The zero-order valence-electron chi connectivity index (χ0n) is 21.5. The number of furan rings is 1. The number of nitrogens with zero attached hydrogens (tertiary/aromatic N) is 7. The fraction of sp³-hybridized carbons (Fsp3) is 0.346. The molecule has 12 nitrogen and oxygen atoms in total. The van der Waals surface area contributed by atoms with E-state index >= 15 is 0 Å². The Hall–Kier alpha value is -4.27. The second-order valence-electron chi connectivity index (χ2n) is 9.59. The van der Waals surface area contributed by atoms with Crippen LogP contribution in [0.4, 0.5) is 20.4 Å². The molecule has 1 fully saturated rings. The highest BCUT2D eigenvalue weighted by Crippen LogP contribution is 2.30. The van der Waals surface area contributed by atoms with Crippen molar-refractivity contribution in [2.24, 2.45) is 0 Å². The van der Waals surface area contributed by atoms with Gasteiger partial charge in [-0.2, -0.15) is 19.7 Å². The molecule has 0 saturated carbocycles. The van der Waals surface area contributed by atoms with Crippen LogP contribution in [-0.4, -0.2) is 91.5 Å². The minimum Gasteiger partial charge on any atom is -0.488 e. The zero-order valence-corrected chi connectivity index (χ0v) is 21.5. The summed E-state index contributed by atoms with van der Waals surface area (Å²) in [5.41, 5.74) is 8.53. The minimum atomic E-state index is -1.15. The standard InChI is InChI=1S/C26H28F2N8O4/c27-18-10-19(28)24(40-15-16(38)14-37)12-22(18)34-6-3-33(4-7-34)5-8-35-25-17(13-30-35)21-11-20(23-2-1-9-39-23)32-36(21)26(29)31-25/h1-2,9-13,16,37-38H,3-8,14-15H2,(H2,29,31)/t16-/m1/s1. The van der Waals surface area contributed by atoms with Crippen LogP contribution in [0, 0.1) is 11.6 Å². The van der Waals surface area contributed by atoms with Crippen LogP contribution < -0.4 is 15.4 Å². The van der Waals surface area contributed by atoms with E-state index in [1.807, 2.05) is 21.7 Å².